The van der Waals surface area contributed by atoms with E-state index in [-0.39, 0.29) is 5.69 Å². The third kappa shape index (κ3) is 1.99. The molecule has 78 valence electrons. The van der Waals surface area contributed by atoms with Crippen molar-refractivity contribution in [2.24, 2.45) is 0 Å². The number of carbonyl (C=O) groups excluding carboxylic acids is 1. The van der Waals surface area contributed by atoms with Crippen molar-refractivity contribution in [3.8, 4) is 0 Å². The number of aromatic nitrogens is 3. The normalized spacial score (nSPS) is 10.5. The van der Waals surface area contributed by atoms with Crippen LogP contribution in [-0.4, -0.2) is 27.2 Å². The van der Waals surface area contributed by atoms with Crippen LogP contribution in [0.2, 0.25) is 0 Å². The molecule has 0 atom stereocenters. The highest BCUT2D eigenvalue weighted by Crippen LogP contribution is 2.10. The first-order chi connectivity index (χ1) is 7.20. The van der Waals surface area contributed by atoms with E-state index in [4.69, 9.17) is 4.74 Å². The molecular formula is C9H8BrN3O2. The third-order valence-corrected chi connectivity index (χ3v) is 2.22. The average Bonchev–Trinajstić information content (AvgIpc) is 2.60. The smallest absolute Gasteiger partial charge is 0.358 e. The molecule has 0 fully saturated rings. The number of ether oxygens (including phenoxy) is 1. The van der Waals surface area contributed by atoms with Crippen molar-refractivity contribution in [3.63, 3.8) is 0 Å². The lowest BCUT2D eigenvalue weighted by atomic mass is 10.4. The lowest BCUT2D eigenvalue weighted by molar-refractivity contribution is 0.0519. The SMILES string of the molecule is CCOC(=O)c1cc2nc(Br)ccn2n1. The standard InChI is InChI=1S/C9H8BrN3O2/c1-2-15-9(14)6-5-8-11-7(10)3-4-13(8)12-6/h3-5H,2H2,1H3. The minimum absolute atomic E-state index is 0.266. The van der Waals surface area contributed by atoms with E-state index in [9.17, 15) is 4.79 Å². The molecule has 0 radical (unpaired) electrons. The lowest BCUT2D eigenvalue weighted by Crippen LogP contribution is -2.05. The van der Waals surface area contributed by atoms with E-state index < -0.39 is 5.97 Å². The average molecular weight is 270 g/mol. The van der Waals surface area contributed by atoms with Gasteiger partial charge in [0.1, 0.15) is 4.60 Å². The Morgan fingerprint density at radius 2 is 2.47 bits per heavy atom. The van der Waals surface area contributed by atoms with Crippen molar-refractivity contribution >= 4 is 27.5 Å². The van der Waals surface area contributed by atoms with Crippen molar-refractivity contribution in [2.75, 3.05) is 6.61 Å². The first-order valence-electron chi connectivity index (χ1n) is 4.39. The largest absolute Gasteiger partial charge is 0.461 e. The van der Waals surface area contributed by atoms with Gasteiger partial charge in [0.15, 0.2) is 11.3 Å². The fourth-order valence-corrected chi connectivity index (χ4v) is 1.46. The first kappa shape index (κ1) is 10.1. The maximum absolute atomic E-state index is 11.4. The predicted octanol–water partition coefficient (Wildman–Crippen LogP) is 1.67. The molecule has 0 saturated heterocycles. The fraction of sp³-hybridized carbons (Fsp3) is 0.222. The zero-order chi connectivity index (χ0) is 10.8. The second-order valence-corrected chi connectivity index (χ2v) is 3.62. The summed E-state index contributed by atoms with van der Waals surface area (Å²) in [7, 11) is 0. The van der Waals surface area contributed by atoms with Gasteiger partial charge in [-0.05, 0) is 28.9 Å². The van der Waals surface area contributed by atoms with Crippen LogP contribution >= 0.6 is 15.9 Å². The Hall–Kier alpha value is -1.43. The Bertz CT molecular complexity index is 509. The molecule has 2 heterocycles. The van der Waals surface area contributed by atoms with Gasteiger partial charge in [0.05, 0.1) is 6.61 Å². The Morgan fingerprint density at radius 1 is 1.67 bits per heavy atom. The van der Waals surface area contributed by atoms with Crippen LogP contribution in [0.25, 0.3) is 5.65 Å². The van der Waals surface area contributed by atoms with Gasteiger partial charge in [-0.25, -0.2) is 14.3 Å². The maximum Gasteiger partial charge on any atom is 0.358 e. The summed E-state index contributed by atoms with van der Waals surface area (Å²) in [5, 5.41) is 4.03. The monoisotopic (exact) mass is 269 g/mol. The van der Waals surface area contributed by atoms with Gasteiger partial charge < -0.3 is 4.74 Å². The van der Waals surface area contributed by atoms with E-state index >= 15 is 0 Å². The van der Waals surface area contributed by atoms with E-state index in [0.717, 1.165) is 0 Å². The summed E-state index contributed by atoms with van der Waals surface area (Å²) >= 11 is 3.24. The van der Waals surface area contributed by atoms with E-state index in [0.29, 0.717) is 16.9 Å². The molecule has 2 rings (SSSR count). The Morgan fingerprint density at radius 3 is 3.20 bits per heavy atom. The zero-order valence-corrected chi connectivity index (χ0v) is 9.56. The van der Waals surface area contributed by atoms with Crippen LogP contribution in [0.1, 0.15) is 17.4 Å². The quantitative estimate of drug-likeness (QED) is 0.615. The summed E-state index contributed by atoms with van der Waals surface area (Å²) in [6, 6.07) is 3.33. The maximum atomic E-state index is 11.4. The third-order valence-electron chi connectivity index (χ3n) is 1.78. The molecule has 0 amide bonds. The summed E-state index contributed by atoms with van der Waals surface area (Å²) in [4.78, 5) is 15.5. The first-order valence-corrected chi connectivity index (χ1v) is 5.19. The molecule has 0 bridgehead atoms. The zero-order valence-electron chi connectivity index (χ0n) is 7.98. The second kappa shape index (κ2) is 3.98. The number of esters is 1. The van der Waals surface area contributed by atoms with Crippen molar-refractivity contribution in [1.29, 1.82) is 0 Å². The van der Waals surface area contributed by atoms with E-state index in [1.54, 1.807) is 25.3 Å². The molecule has 0 N–H and O–H groups in total. The summed E-state index contributed by atoms with van der Waals surface area (Å²) in [6.45, 7) is 2.09. The van der Waals surface area contributed by atoms with E-state index in [1.807, 2.05) is 0 Å². The predicted molar refractivity (Wildman–Crippen MR) is 56.6 cm³/mol. The van der Waals surface area contributed by atoms with Crippen molar-refractivity contribution in [1.82, 2.24) is 14.6 Å². The Balaban J connectivity index is 2.42. The highest BCUT2D eigenvalue weighted by molar-refractivity contribution is 9.10. The van der Waals surface area contributed by atoms with E-state index in [2.05, 4.69) is 26.0 Å². The lowest BCUT2D eigenvalue weighted by Gasteiger charge is -1.95. The van der Waals surface area contributed by atoms with Crippen LogP contribution in [0.3, 0.4) is 0 Å². The highest BCUT2D eigenvalue weighted by atomic mass is 79.9. The molecule has 15 heavy (non-hydrogen) atoms. The second-order valence-electron chi connectivity index (χ2n) is 2.80. The molecule has 0 aromatic carbocycles. The Kier molecular flexibility index (Phi) is 2.68. The summed E-state index contributed by atoms with van der Waals surface area (Å²) < 4.78 is 7.06. The number of fused-ring (bicyclic) bond motifs is 1. The van der Waals surface area contributed by atoms with Gasteiger partial charge in [-0.3, -0.25) is 0 Å². The van der Waals surface area contributed by atoms with Gasteiger partial charge in [-0.2, -0.15) is 5.10 Å². The van der Waals surface area contributed by atoms with Gasteiger partial charge in [-0.1, -0.05) is 0 Å². The molecule has 2 aromatic heterocycles. The van der Waals surface area contributed by atoms with Crippen LogP contribution in [0, 0.1) is 0 Å². The minimum Gasteiger partial charge on any atom is -0.461 e. The number of carbonyl (C=O) groups is 1. The van der Waals surface area contributed by atoms with Crippen LogP contribution in [0.5, 0.6) is 0 Å². The fourth-order valence-electron chi connectivity index (χ4n) is 1.16. The molecule has 2 aromatic rings. The Labute approximate surface area is 94.2 Å². The molecule has 0 saturated carbocycles. The van der Waals surface area contributed by atoms with Crippen molar-refractivity contribution < 1.29 is 9.53 Å². The molecule has 6 heteroatoms. The van der Waals surface area contributed by atoms with Gasteiger partial charge in [-0.15, -0.1) is 0 Å². The van der Waals surface area contributed by atoms with Gasteiger partial charge in [0.2, 0.25) is 0 Å². The summed E-state index contributed by atoms with van der Waals surface area (Å²) in [6.07, 6.45) is 1.72. The van der Waals surface area contributed by atoms with Gasteiger partial charge in [0.25, 0.3) is 0 Å². The highest BCUT2D eigenvalue weighted by Gasteiger charge is 2.12. The van der Waals surface area contributed by atoms with Crippen LogP contribution in [0.15, 0.2) is 22.9 Å². The number of hydrogen-bond donors (Lipinski definition) is 0. The van der Waals surface area contributed by atoms with Crippen molar-refractivity contribution in [3.05, 3.63) is 28.6 Å². The summed E-state index contributed by atoms with van der Waals surface area (Å²) in [5.74, 6) is -0.431. The molecule has 5 nitrogen and oxygen atoms in total. The van der Waals surface area contributed by atoms with Crippen LogP contribution in [-0.2, 0) is 4.74 Å². The van der Waals surface area contributed by atoms with E-state index in [1.165, 1.54) is 4.52 Å². The number of halogens is 1. The van der Waals surface area contributed by atoms with Gasteiger partial charge >= 0.3 is 5.97 Å². The molecule has 0 aliphatic rings. The molecule has 0 aliphatic carbocycles. The number of nitrogens with zero attached hydrogens (tertiary/aromatic N) is 3. The molecule has 0 aliphatic heterocycles. The van der Waals surface area contributed by atoms with Crippen molar-refractivity contribution in [2.45, 2.75) is 6.92 Å². The van der Waals surface area contributed by atoms with Crippen LogP contribution in [0.4, 0.5) is 0 Å². The number of hydrogen-bond acceptors (Lipinski definition) is 4. The molecular weight excluding hydrogens is 262 g/mol. The minimum atomic E-state index is -0.431. The van der Waals surface area contributed by atoms with Crippen LogP contribution < -0.4 is 0 Å². The molecule has 0 unspecified atom stereocenters. The van der Waals surface area contributed by atoms with Gasteiger partial charge in [0, 0.05) is 12.3 Å². The molecule has 0 spiro atoms. The summed E-state index contributed by atoms with van der Waals surface area (Å²) in [5.41, 5.74) is 0.870. The topological polar surface area (TPSA) is 56.5 Å². The number of rotatable bonds is 2.